The van der Waals surface area contributed by atoms with Crippen molar-refractivity contribution < 1.29 is 0 Å². The first-order valence-corrected chi connectivity index (χ1v) is 9.29. The van der Waals surface area contributed by atoms with E-state index in [0.29, 0.717) is 25.8 Å². The second kappa shape index (κ2) is 6.46. The van der Waals surface area contributed by atoms with Crippen LogP contribution < -0.4 is 5.56 Å². The average Bonchev–Trinajstić information content (AvgIpc) is 2.95. The molecule has 1 aromatic carbocycles. The van der Waals surface area contributed by atoms with Gasteiger partial charge in [-0.15, -0.1) is 11.3 Å². The van der Waals surface area contributed by atoms with Gasteiger partial charge in [0.1, 0.15) is 15.9 Å². The summed E-state index contributed by atoms with van der Waals surface area (Å²) in [5, 5.41) is 6.12. The summed E-state index contributed by atoms with van der Waals surface area (Å²) >= 11 is 13.4. The number of aryl methyl sites for hydroxylation is 2. The van der Waals surface area contributed by atoms with Crippen LogP contribution in [0.5, 0.6) is 0 Å². The molecule has 4 aromatic rings. The standard InChI is InChI=1S/C18H12Cl2N4OS/c1-9-5-10(2)23-17-14(9)15-16(26-17)18(25)24(8-21-15)22-7-11-3-4-12(19)6-13(11)20/h3-8H,1-2H3. The van der Waals surface area contributed by atoms with Crippen molar-refractivity contribution >= 4 is 61.2 Å². The Morgan fingerprint density at radius 3 is 2.81 bits per heavy atom. The zero-order valence-electron chi connectivity index (χ0n) is 13.8. The molecule has 5 nitrogen and oxygen atoms in total. The van der Waals surface area contributed by atoms with Crippen LogP contribution in [0.2, 0.25) is 10.0 Å². The van der Waals surface area contributed by atoms with Crippen molar-refractivity contribution in [3.05, 3.63) is 67.8 Å². The van der Waals surface area contributed by atoms with E-state index in [2.05, 4.69) is 15.1 Å². The SMILES string of the molecule is Cc1cc(C)c2c(n1)sc1c(=O)n(N=Cc3ccc(Cl)cc3Cl)cnc12. The number of benzene rings is 1. The van der Waals surface area contributed by atoms with Crippen molar-refractivity contribution in [1.82, 2.24) is 14.6 Å². The maximum Gasteiger partial charge on any atom is 0.291 e. The first kappa shape index (κ1) is 17.1. The van der Waals surface area contributed by atoms with E-state index in [-0.39, 0.29) is 5.56 Å². The van der Waals surface area contributed by atoms with Crippen LogP contribution in [-0.2, 0) is 0 Å². The number of hydrogen-bond donors (Lipinski definition) is 0. The van der Waals surface area contributed by atoms with E-state index in [4.69, 9.17) is 23.2 Å². The average molecular weight is 403 g/mol. The Labute approximate surface area is 162 Å². The molecule has 0 aliphatic rings. The van der Waals surface area contributed by atoms with Crippen LogP contribution in [-0.4, -0.2) is 20.9 Å². The fraction of sp³-hybridized carbons (Fsp3) is 0.111. The summed E-state index contributed by atoms with van der Waals surface area (Å²) in [6.45, 7) is 3.93. The number of hydrogen-bond acceptors (Lipinski definition) is 5. The van der Waals surface area contributed by atoms with E-state index in [9.17, 15) is 4.79 Å². The van der Waals surface area contributed by atoms with Gasteiger partial charge in [0.2, 0.25) is 0 Å². The van der Waals surface area contributed by atoms with E-state index in [1.165, 1.54) is 28.6 Å². The highest BCUT2D eigenvalue weighted by molar-refractivity contribution is 7.25. The molecular weight excluding hydrogens is 391 g/mol. The van der Waals surface area contributed by atoms with Gasteiger partial charge >= 0.3 is 0 Å². The van der Waals surface area contributed by atoms with Crippen molar-refractivity contribution in [2.24, 2.45) is 5.10 Å². The Hall–Kier alpha value is -2.28. The second-order valence-electron chi connectivity index (χ2n) is 5.85. The lowest BCUT2D eigenvalue weighted by atomic mass is 10.1. The summed E-state index contributed by atoms with van der Waals surface area (Å²) in [6.07, 6.45) is 2.92. The Balaban J connectivity index is 1.86. The number of aromatic nitrogens is 3. The number of rotatable bonds is 2. The van der Waals surface area contributed by atoms with Crippen molar-refractivity contribution in [1.29, 1.82) is 0 Å². The van der Waals surface area contributed by atoms with Gasteiger partial charge in [-0.2, -0.15) is 9.78 Å². The molecule has 0 saturated carbocycles. The predicted molar refractivity (Wildman–Crippen MR) is 108 cm³/mol. The minimum absolute atomic E-state index is 0.239. The molecule has 4 rings (SSSR count). The number of nitrogens with zero attached hydrogens (tertiary/aromatic N) is 4. The van der Waals surface area contributed by atoms with E-state index in [1.807, 2.05) is 19.9 Å². The maximum absolute atomic E-state index is 12.8. The fourth-order valence-corrected chi connectivity index (χ4v) is 4.41. The largest absolute Gasteiger partial charge is 0.291 e. The van der Waals surface area contributed by atoms with Crippen molar-refractivity contribution in [2.45, 2.75) is 13.8 Å². The molecule has 0 atom stereocenters. The van der Waals surface area contributed by atoms with Gasteiger partial charge in [0.15, 0.2) is 0 Å². The summed E-state index contributed by atoms with van der Waals surface area (Å²) in [5.41, 5.74) is 3.05. The van der Waals surface area contributed by atoms with Crippen molar-refractivity contribution in [3.63, 3.8) is 0 Å². The third-order valence-corrected chi connectivity index (χ3v) is 5.57. The maximum atomic E-state index is 12.8. The number of pyridine rings is 1. The molecule has 0 saturated heterocycles. The van der Waals surface area contributed by atoms with Gasteiger partial charge in [0, 0.05) is 21.7 Å². The van der Waals surface area contributed by atoms with Crippen LogP contribution in [0.3, 0.4) is 0 Å². The third kappa shape index (κ3) is 2.90. The molecule has 26 heavy (non-hydrogen) atoms. The molecule has 8 heteroatoms. The highest BCUT2D eigenvalue weighted by atomic mass is 35.5. The quantitative estimate of drug-likeness (QED) is 0.451. The van der Waals surface area contributed by atoms with Gasteiger partial charge in [0.05, 0.1) is 16.8 Å². The van der Waals surface area contributed by atoms with E-state index in [0.717, 1.165) is 21.5 Å². The van der Waals surface area contributed by atoms with Crippen LogP contribution in [0.15, 0.2) is 40.5 Å². The summed E-state index contributed by atoms with van der Waals surface area (Å²) in [7, 11) is 0. The topological polar surface area (TPSA) is 60.1 Å². The van der Waals surface area contributed by atoms with Crippen LogP contribution >= 0.6 is 34.5 Å². The molecule has 0 bridgehead atoms. The Bertz CT molecular complexity index is 1260. The zero-order valence-corrected chi connectivity index (χ0v) is 16.2. The Morgan fingerprint density at radius 1 is 1.23 bits per heavy atom. The van der Waals surface area contributed by atoms with E-state index < -0.39 is 0 Å². The molecule has 0 N–H and O–H groups in total. The summed E-state index contributed by atoms with van der Waals surface area (Å²) in [6, 6.07) is 7.06. The van der Waals surface area contributed by atoms with Gasteiger partial charge in [-0.3, -0.25) is 4.79 Å². The van der Waals surface area contributed by atoms with Crippen molar-refractivity contribution in [2.75, 3.05) is 0 Å². The van der Waals surface area contributed by atoms with Gasteiger partial charge < -0.3 is 0 Å². The monoisotopic (exact) mass is 402 g/mol. The first-order valence-electron chi connectivity index (χ1n) is 7.71. The molecule has 130 valence electrons. The zero-order chi connectivity index (χ0) is 18.4. The van der Waals surface area contributed by atoms with Gasteiger partial charge in [-0.05, 0) is 37.6 Å². The normalized spacial score (nSPS) is 11.8. The highest BCUT2D eigenvalue weighted by Crippen LogP contribution is 2.31. The van der Waals surface area contributed by atoms with Crippen LogP contribution in [0, 0.1) is 13.8 Å². The summed E-state index contributed by atoms with van der Waals surface area (Å²) in [5.74, 6) is 0. The molecule has 3 heterocycles. The number of halogens is 2. The predicted octanol–water partition coefficient (Wildman–Crippen LogP) is 4.81. The van der Waals surface area contributed by atoms with Gasteiger partial charge in [0.25, 0.3) is 5.56 Å². The van der Waals surface area contributed by atoms with E-state index in [1.54, 1.807) is 18.2 Å². The minimum atomic E-state index is -0.239. The van der Waals surface area contributed by atoms with Crippen LogP contribution in [0.25, 0.3) is 20.4 Å². The van der Waals surface area contributed by atoms with Crippen molar-refractivity contribution in [3.8, 4) is 0 Å². The summed E-state index contributed by atoms with van der Waals surface area (Å²) < 4.78 is 1.73. The first-order chi connectivity index (χ1) is 12.4. The lowest BCUT2D eigenvalue weighted by Gasteiger charge is -2.01. The fourth-order valence-electron chi connectivity index (χ4n) is 2.77. The van der Waals surface area contributed by atoms with E-state index >= 15 is 0 Å². The van der Waals surface area contributed by atoms with Crippen LogP contribution in [0.4, 0.5) is 0 Å². The number of fused-ring (bicyclic) bond motifs is 3. The molecule has 0 spiro atoms. The van der Waals surface area contributed by atoms with Gasteiger partial charge in [-0.1, -0.05) is 29.3 Å². The highest BCUT2D eigenvalue weighted by Gasteiger charge is 2.14. The lowest BCUT2D eigenvalue weighted by molar-refractivity contribution is 0.819. The molecule has 0 aliphatic carbocycles. The Morgan fingerprint density at radius 2 is 2.04 bits per heavy atom. The molecule has 3 aromatic heterocycles. The molecule has 0 unspecified atom stereocenters. The molecule has 0 aliphatic heterocycles. The number of thiophene rings is 1. The second-order valence-corrected chi connectivity index (χ2v) is 7.69. The molecule has 0 fully saturated rings. The lowest BCUT2D eigenvalue weighted by Crippen LogP contribution is -2.15. The Kier molecular flexibility index (Phi) is 4.26. The minimum Gasteiger partial charge on any atom is -0.266 e. The van der Waals surface area contributed by atoms with Crippen LogP contribution in [0.1, 0.15) is 16.8 Å². The molecule has 0 radical (unpaired) electrons. The van der Waals surface area contributed by atoms with Gasteiger partial charge in [-0.25, -0.2) is 9.97 Å². The smallest absolute Gasteiger partial charge is 0.266 e. The molecule has 0 amide bonds. The molecular formula is C18H12Cl2N4OS. The summed E-state index contributed by atoms with van der Waals surface area (Å²) in [4.78, 5) is 22.6. The third-order valence-electron chi connectivity index (χ3n) is 3.94.